The summed E-state index contributed by atoms with van der Waals surface area (Å²) >= 11 is 0. The normalized spacial score (nSPS) is 20.9. The molecule has 2 heterocycles. The Labute approximate surface area is 191 Å². The maximum absolute atomic E-state index is 12.8. The van der Waals surface area contributed by atoms with Gasteiger partial charge in [-0.05, 0) is 49.1 Å². The lowest BCUT2D eigenvalue weighted by Gasteiger charge is -2.30. The van der Waals surface area contributed by atoms with Gasteiger partial charge in [-0.15, -0.1) is 0 Å². The molecule has 2 aromatic carbocycles. The van der Waals surface area contributed by atoms with Crippen molar-refractivity contribution >= 4 is 22.8 Å². The molecule has 2 amide bonds. The van der Waals surface area contributed by atoms with Crippen LogP contribution >= 0.6 is 0 Å². The number of hydrogen-bond acceptors (Lipinski definition) is 5. The number of fused-ring (bicyclic) bond motifs is 1. The SMILES string of the molecule is O=C(N[C@@H]1CCOC[C@@H]1C(=O)NO)c1ccc(Cn2c(C3CCC3)nc3ccccc32)cc1. The van der Waals surface area contributed by atoms with Gasteiger partial charge >= 0.3 is 0 Å². The van der Waals surface area contributed by atoms with Crippen molar-refractivity contribution in [2.24, 2.45) is 5.92 Å². The number of carbonyl (C=O) groups is 2. The second-order valence-corrected chi connectivity index (χ2v) is 8.90. The monoisotopic (exact) mass is 448 g/mol. The van der Waals surface area contributed by atoms with Crippen LogP contribution in [0, 0.1) is 5.92 Å². The Kier molecular flexibility index (Phi) is 6.11. The topological polar surface area (TPSA) is 105 Å². The maximum Gasteiger partial charge on any atom is 0.251 e. The molecule has 0 radical (unpaired) electrons. The summed E-state index contributed by atoms with van der Waals surface area (Å²) in [6.45, 7) is 1.33. The average Bonchev–Trinajstić information content (AvgIpc) is 3.16. The first-order chi connectivity index (χ1) is 16.1. The highest BCUT2D eigenvalue weighted by molar-refractivity contribution is 5.95. The Morgan fingerprint density at radius 1 is 1.09 bits per heavy atom. The lowest BCUT2D eigenvalue weighted by atomic mass is 9.85. The summed E-state index contributed by atoms with van der Waals surface area (Å²) in [6.07, 6.45) is 4.14. The summed E-state index contributed by atoms with van der Waals surface area (Å²) in [6, 6.07) is 15.4. The molecule has 0 unspecified atom stereocenters. The summed E-state index contributed by atoms with van der Waals surface area (Å²) in [5, 5.41) is 11.9. The van der Waals surface area contributed by atoms with Crippen LogP contribution in [-0.2, 0) is 16.1 Å². The van der Waals surface area contributed by atoms with Crippen LogP contribution in [0.25, 0.3) is 11.0 Å². The van der Waals surface area contributed by atoms with Gasteiger partial charge in [-0.3, -0.25) is 14.8 Å². The van der Waals surface area contributed by atoms with Crippen LogP contribution in [0.4, 0.5) is 0 Å². The number of rotatable bonds is 6. The summed E-state index contributed by atoms with van der Waals surface area (Å²) in [5.74, 6) is 0.256. The van der Waals surface area contributed by atoms with E-state index in [0.29, 0.717) is 31.1 Å². The third kappa shape index (κ3) is 4.36. The number of nitrogens with one attached hydrogen (secondary N) is 2. The highest BCUT2D eigenvalue weighted by atomic mass is 16.5. The number of hydroxylamine groups is 1. The minimum atomic E-state index is -0.619. The fourth-order valence-electron chi connectivity index (χ4n) is 4.69. The fourth-order valence-corrected chi connectivity index (χ4v) is 4.69. The van der Waals surface area contributed by atoms with Gasteiger partial charge < -0.3 is 14.6 Å². The van der Waals surface area contributed by atoms with Crippen molar-refractivity contribution in [3.05, 3.63) is 65.5 Å². The zero-order valence-electron chi connectivity index (χ0n) is 18.4. The summed E-state index contributed by atoms with van der Waals surface area (Å²) in [7, 11) is 0. The van der Waals surface area contributed by atoms with Crippen molar-refractivity contribution in [2.45, 2.75) is 44.2 Å². The van der Waals surface area contributed by atoms with Gasteiger partial charge in [0, 0.05) is 30.7 Å². The van der Waals surface area contributed by atoms with E-state index >= 15 is 0 Å². The lowest BCUT2D eigenvalue weighted by molar-refractivity contribution is -0.138. The number of ether oxygens (including phenoxy) is 1. The minimum absolute atomic E-state index is 0.165. The number of nitrogens with zero attached hydrogens (tertiary/aromatic N) is 2. The molecular weight excluding hydrogens is 420 g/mol. The first-order valence-electron chi connectivity index (χ1n) is 11.5. The quantitative estimate of drug-likeness (QED) is 0.397. The van der Waals surface area contributed by atoms with Crippen LogP contribution in [-0.4, -0.2) is 45.8 Å². The largest absolute Gasteiger partial charge is 0.380 e. The fraction of sp³-hybridized carbons (Fsp3) is 0.400. The zero-order valence-corrected chi connectivity index (χ0v) is 18.4. The number of hydrogen-bond donors (Lipinski definition) is 3. The molecule has 8 nitrogen and oxygen atoms in total. The van der Waals surface area contributed by atoms with Crippen molar-refractivity contribution in [1.82, 2.24) is 20.3 Å². The third-order valence-corrected chi connectivity index (χ3v) is 6.83. The van der Waals surface area contributed by atoms with Crippen LogP contribution < -0.4 is 10.8 Å². The minimum Gasteiger partial charge on any atom is -0.380 e. The van der Waals surface area contributed by atoms with Crippen LogP contribution in [0.3, 0.4) is 0 Å². The lowest BCUT2D eigenvalue weighted by Crippen LogP contribution is -2.51. The molecule has 1 aliphatic heterocycles. The summed E-state index contributed by atoms with van der Waals surface area (Å²) in [5.41, 5.74) is 5.44. The molecule has 1 aromatic heterocycles. The number of benzene rings is 2. The van der Waals surface area contributed by atoms with Crippen LogP contribution in [0.1, 0.15) is 53.3 Å². The molecule has 33 heavy (non-hydrogen) atoms. The van der Waals surface area contributed by atoms with Crippen molar-refractivity contribution in [2.75, 3.05) is 13.2 Å². The van der Waals surface area contributed by atoms with E-state index in [9.17, 15) is 9.59 Å². The standard InChI is InChI=1S/C25H28N4O4/c30-24(27-20-12-13-33-15-19(20)25(31)28-32)18-10-8-16(9-11-18)14-29-22-7-2-1-6-21(22)26-23(29)17-4-3-5-17/h1-2,6-11,17,19-20,32H,3-5,12-15H2,(H,27,30)(H,28,31)/t19-,20+/m0/s1. The number of aromatic nitrogens is 2. The molecule has 0 spiro atoms. The molecule has 2 fully saturated rings. The molecule has 2 aliphatic rings. The summed E-state index contributed by atoms with van der Waals surface area (Å²) < 4.78 is 7.63. The molecule has 1 saturated carbocycles. The zero-order chi connectivity index (χ0) is 22.8. The Bertz CT molecular complexity index is 1150. The van der Waals surface area contributed by atoms with E-state index in [0.717, 1.165) is 22.4 Å². The predicted molar refractivity (Wildman–Crippen MR) is 122 cm³/mol. The Hall–Kier alpha value is -3.23. The molecule has 3 N–H and O–H groups in total. The molecular formula is C25H28N4O4. The molecule has 172 valence electrons. The number of carbonyl (C=O) groups excluding carboxylic acids is 2. The van der Waals surface area contributed by atoms with Crippen LogP contribution in [0.2, 0.25) is 0 Å². The van der Waals surface area contributed by atoms with E-state index in [1.165, 1.54) is 19.3 Å². The first kappa shape index (κ1) is 21.6. The molecule has 5 rings (SSSR count). The van der Waals surface area contributed by atoms with E-state index in [1.807, 2.05) is 36.4 Å². The molecule has 3 aromatic rings. The Balaban J connectivity index is 1.31. The van der Waals surface area contributed by atoms with Gasteiger partial charge in [-0.1, -0.05) is 30.7 Å². The van der Waals surface area contributed by atoms with Gasteiger partial charge in [0.25, 0.3) is 11.8 Å². The van der Waals surface area contributed by atoms with E-state index in [1.54, 1.807) is 5.48 Å². The van der Waals surface area contributed by atoms with Gasteiger partial charge in [0.2, 0.25) is 0 Å². The molecule has 2 atom stereocenters. The maximum atomic E-state index is 12.8. The second-order valence-electron chi connectivity index (χ2n) is 8.90. The van der Waals surface area contributed by atoms with Gasteiger partial charge in [0.1, 0.15) is 5.82 Å². The van der Waals surface area contributed by atoms with E-state index < -0.39 is 11.8 Å². The van der Waals surface area contributed by atoms with E-state index in [2.05, 4.69) is 22.0 Å². The van der Waals surface area contributed by atoms with E-state index in [4.69, 9.17) is 14.9 Å². The molecule has 1 aliphatic carbocycles. The number of amides is 2. The Morgan fingerprint density at radius 3 is 2.61 bits per heavy atom. The van der Waals surface area contributed by atoms with Gasteiger partial charge in [0.15, 0.2) is 0 Å². The van der Waals surface area contributed by atoms with Crippen molar-refractivity contribution in [3.63, 3.8) is 0 Å². The van der Waals surface area contributed by atoms with Gasteiger partial charge in [-0.25, -0.2) is 10.5 Å². The number of imidazole rings is 1. The van der Waals surface area contributed by atoms with E-state index in [-0.39, 0.29) is 18.6 Å². The van der Waals surface area contributed by atoms with Crippen molar-refractivity contribution < 1.29 is 19.5 Å². The highest BCUT2D eigenvalue weighted by Crippen LogP contribution is 2.37. The predicted octanol–water partition coefficient (Wildman–Crippen LogP) is 2.99. The summed E-state index contributed by atoms with van der Waals surface area (Å²) in [4.78, 5) is 29.6. The second kappa shape index (κ2) is 9.33. The van der Waals surface area contributed by atoms with Gasteiger partial charge in [-0.2, -0.15) is 0 Å². The number of para-hydroxylation sites is 2. The molecule has 0 bridgehead atoms. The van der Waals surface area contributed by atoms with Crippen LogP contribution in [0.5, 0.6) is 0 Å². The third-order valence-electron chi connectivity index (χ3n) is 6.83. The molecule has 1 saturated heterocycles. The smallest absolute Gasteiger partial charge is 0.251 e. The van der Waals surface area contributed by atoms with Gasteiger partial charge in [0.05, 0.1) is 23.6 Å². The molecule has 8 heteroatoms. The first-order valence-corrected chi connectivity index (χ1v) is 11.5. The highest BCUT2D eigenvalue weighted by Gasteiger charge is 2.33. The average molecular weight is 449 g/mol. The van der Waals surface area contributed by atoms with Crippen molar-refractivity contribution in [1.29, 1.82) is 0 Å². The Morgan fingerprint density at radius 2 is 1.88 bits per heavy atom. The van der Waals surface area contributed by atoms with Crippen LogP contribution in [0.15, 0.2) is 48.5 Å². The van der Waals surface area contributed by atoms with Crippen molar-refractivity contribution in [3.8, 4) is 0 Å².